The van der Waals surface area contributed by atoms with Crippen molar-refractivity contribution in [1.29, 1.82) is 0 Å². The summed E-state index contributed by atoms with van der Waals surface area (Å²) in [4.78, 5) is 31.0. The van der Waals surface area contributed by atoms with Gasteiger partial charge in [0.2, 0.25) is 0 Å². The highest BCUT2D eigenvalue weighted by Crippen LogP contribution is 2.27. The van der Waals surface area contributed by atoms with E-state index in [1.165, 1.54) is 0 Å². The Labute approximate surface area is 186 Å². The second-order valence-corrected chi connectivity index (χ2v) is 8.37. The number of H-pyrrole nitrogens is 1. The van der Waals surface area contributed by atoms with E-state index in [9.17, 15) is 9.59 Å². The average Bonchev–Trinajstić information content (AvgIpc) is 3.43. The number of amides is 1. The van der Waals surface area contributed by atoms with E-state index < -0.39 is 0 Å². The van der Waals surface area contributed by atoms with Gasteiger partial charge >= 0.3 is 5.69 Å². The topological polar surface area (TPSA) is 75.9 Å². The van der Waals surface area contributed by atoms with Crippen molar-refractivity contribution in [3.8, 4) is 0 Å². The van der Waals surface area contributed by atoms with Crippen molar-refractivity contribution in [2.75, 3.05) is 13.1 Å². The number of hydrogen-bond acceptors (Lipinski definition) is 3. The number of piperidine rings is 1. The van der Waals surface area contributed by atoms with Crippen LogP contribution in [-0.2, 0) is 13.1 Å². The minimum atomic E-state index is -0.0656. The summed E-state index contributed by atoms with van der Waals surface area (Å²) in [6.07, 6.45) is 3.49. The van der Waals surface area contributed by atoms with Crippen LogP contribution in [0.1, 0.15) is 47.4 Å². The molecule has 164 valence electrons. The van der Waals surface area contributed by atoms with E-state index >= 15 is 0 Å². The van der Waals surface area contributed by atoms with Gasteiger partial charge in [0.25, 0.3) is 5.91 Å². The number of carbonyl (C=O) groups excluding carboxylic acids is 1. The average molecular weight is 430 g/mol. The molecule has 1 N–H and O–H groups in total. The third-order valence-electron chi connectivity index (χ3n) is 6.39. The van der Waals surface area contributed by atoms with Crippen LogP contribution in [0.25, 0.3) is 10.9 Å². The maximum atomic E-state index is 13.0. The zero-order valence-corrected chi connectivity index (χ0v) is 18.2. The van der Waals surface area contributed by atoms with Crippen molar-refractivity contribution in [3.63, 3.8) is 0 Å². The number of rotatable bonds is 5. The molecule has 7 heteroatoms. The van der Waals surface area contributed by atoms with Crippen molar-refractivity contribution < 1.29 is 4.79 Å². The van der Waals surface area contributed by atoms with E-state index in [0.717, 1.165) is 35.1 Å². The molecule has 0 saturated carbocycles. The first-order valence-corrected chi connectivity index (χ1v) is 11.2. The van der Waals surface area contributed by atoms with Crippen LogP contribution >= 0.6 is 0 Å². The van der Waals surface area contributed by atoms with E-state index in [1.54, 1.807) is 9.25 Å². The van der Waals surface area contributed by atoms with Gasteiger partial charge in [0.1, 0.15) is 5.82 Å². The van der Waals surface area contributed by atoms with Crippen LogP contribution in [0, 0.1) is 0 Å². The zero-order valence-electron chi connectivity index (χ0n) is 18.2. The van der Waals surface area contributed by atoms with E-state index in [-0.39, 0.29) is 17.5 Å². The Morgan fingerprint density at radius 2 is 1.88 bits per heavy atom. The minimum absolute atomic E-state index is 0.0578. The molecule has 0 atom stereocenters. The molecule has 0 spiro atoms. The predicted molar refractivity (Wildman–Crippen MR) is 124 cm³/mol. The van der Waals surface area contributed by atoms with Crippen LogP contribution in [0.15, 0.2) is 65.6 Å². The fourth-order valence-electron chi connectivity index (χ4n) is 4.62. The number of aromatic nitrogens is 4. The standard InChI is InChI=1S/C25H27N5O2/c1-2-29-23(27-30(25(29)32)17-18-6-4-3-5-7-18)20-11-14-28(15-12-20)24(31)21-9-8-19-10-13-26-22(19)16-21/h3-10,13,16,20,26H,2,11-12,14-15,17H2,1H3. The maximum Gasteiger partial charge on any atom is 0.346 e. The predicted octanol–water partition coefficient (Wildman–Crippen LogP) is 3.61. The number of carbonyl (C=O) groups is 1. The molecule has 1 saturated heterocycles. The van der Waals surface area contributed by atoms with Crippen LogP contribution in [0.2, 0.25) is 0 Å². The molecule has 0 unspecified atom stereocenters. The summed E-state index contributed by atoms with van der Waals surface area (Å²) in [6, 6.07) is 17.7. The molecule has 3 heterocycles. The highest BCUT2D eigenvalue weighted by molar-refractivity contribution is 5.98. The van der Waals surface area contributed by atoms with Gasteiger partial charge in [-0.05, 0) is 48.9 Å². The zero-order chi connectivity index (χ0) is 22.1. The lowest BCUT2D eigenvalue weighted by atomic mass is 9.95. The van der Waals surface area contributed by atoms with Crippen LogP contribution < -0.4 is 5.69 Å². The fourth-order valence-corrected chi connectivity index (χ4v) is 4.62. The van der Waals surface area contributed by atoms with Crippen molar-refractivity contribution in [2.45, 2.75) is 38.8 Å². The van der Waals surface area contributed by atoms with Gasteiger partial charge in [0.15, 0.2) is 0 Å². The normalized spacial score (nSPS) is 14.8. The Hall–Kier alpha value is -3.61. The molecule has 7 nitrogen and oxygen atoms in total. The van der Waals surface area contributed by atoms with Crippen molar-refractivity contribution >= 4 is 16.8 Å². The Kier molecular flexibility index (Phi) is 5.39. The summed E-state index contributed by atoms with van der Waals surface area (Å²) in [5, 5.41) is 5.82. The third-order valence-corrected chi connectivity index (χ3v) is 6.39. The largest absolute Gasteiger partial charge is 0.361 e. The lowest BCUT2D eigenvalue weighted by Gasteiger charge is -2.31. The van der Waals surface area contributed by atoms with Gasteiger partial charge in [-0.15, -0.1) is 0 Å². The quantitative estimate of drug-likeness (QED) is 0.527. The third kappa shape index (κ3) is 3.75. The summed E-state index contributed by atoms with van der Waals surface area (Å²) in [7, 11) is 0. The first-order valence-electron chi connectivity index (χ1n) is 11.2. The van der Waals surface area contributed by atoms with Crippen molar-refractivity contribution in [3.05, 3.63) is 88.2 Å². The summed E-state index contributed by atoms with van der Waals surface area (Å²) in [5.74, 6) is 1.07. The molecule has 0 aliphatic carbocycles. The lowest BCUT2D eigenvalue weighted by Crippen LogP contribution is -2.38. The van der Waals surface area contributed by atoms with Crippen LogP contribution in [0.4, 0.5) is 0 Å². The maximum absolute atomic E-state index is 13.0. The summed E-state index contributed by atoms with van der Waals surface area (Å²) in [5.41, 5.74) is 2.67. The lowest BCUT2D eigenvalue weighted by molar-refractivity contribution is 0.0710. The van der Waals surface area contributed by atoms with E-state index in [1.807, 2.05) is 72.6 Å². The molecule has 0 radical (unpaired) electrons. The number of likely N-dealkylation sites (tertiary alicyclic amines) is 1. The monoisotopic (exact) mass is 429 g/mol. The first-order chi connectivity index (χ1) is 15.6. The van der Waals surface area contributed by atoms with E-state index in [0.29, 0.717) is 31.7 Å². The molecule has 5 rings (SSSR count). The molecule has 1 aliphatic heterocycles. The number of fused-ring (bicyclic) bond motifs is 1. The Morgan fingerprint density at radius 3 is 2.62 bits per heavy atom. The second kappa shape index (κ2) is 8.49. The van der Waals surface area contributed by atoms with Crippen molar-refractivity contribution in [2.24, 2.45) is 0 Å². The minimum Gasteiger partial charge on any atom is -0.361 e. The SMILES string of the molecule is CCn1c(C2CCN(C(=O)c3ccc4cc[nH]c4c3)CC2)nn(Cc2ccccc2)c1=O. The number of nitrogens with one attached hydrogen (secondary N) is 1. The molecular weight excluding hydrogens is 402 g/mol. The van der Waals surface area contributed by atoms with Crippen LogP contribution in [0.3, 0.4) is 0 Å². The highest BCUT2D eigenvalue weighted by atomic mass is 16.2. The number of benzene rings is 2. The second-order valence-electron chi connectivity index (χ2n) is 8.37. The van der Waals surface area contributed by atoms with Gasteiger partial charge in [-0.1, -0.05) is 36.4 Å². The van der Waals surface area contributed by atoms with Gasteiger partial charge in [-0.25, -0.2) is 9.48 Å². The molecule has 1 aliphatic rings. The fraction of sp³-hybridized carbons (Fsp3) is 0.320. The molecule has 1 fully saturated rings. The number of aromatic amines is 1. The Morgan fingerprint density at radius 1 is 1.09 bits per heavy atom. The number of hydrogen-bond donors (Lipinski definition) is 1. The molecule has 1 amide bonds. The summed E-state index contributed by atoms with van der Waals surface area (Å²) < 4.78 is 3.35. The smallest absolute Gasteiger partial charge is 0.346 e. The summed E-state index contributed by atoms with van der Waals surface area (Å²) >= 11 is 0. The number of nitrogens with zero attached hydrogens (tertiary/aromatic N) is 4. The molecule has 2 aromatic heterocycles. The van der Waals surface area contributed by atoms with Crippen LogP contribution in [0.5, 0.6) is 0 Å². The van der Waals surface area contributed by atoms with E-state index in [4.69, 9.17) is 5.10 Å². The van der Waals surface area contributed by atoms with Crippen molar-refractivity contribution in [1.82, 2.24) is 24.2 Å². The Bertz CT molecular complexity index is 1290. The molecule has 4 aromatic rings. The van der Waals surface area contributed by atoms with E-state index in [2.05, 4.69) is 4.98 Å². The van der Waals surface area contributed by atoms with Gasteiger partial charge in [0.05, 0.1) is 6.54 Å². The van der Waals surface area contributed by atoms with Gasteiger partial charge in [-0.2, -0.15) is 5.10 Å². The van der Waals surface area contributed by atoms with Crippen LogP contribution in [-0.4, -0.2) is 43.2 Å². The highest BCUT2D eigenvalue weighted by Gasteiger charge is 2.29. The molecule has 2 aromatic carbocycles. The molecule has 0 bridgehead atoms. The van der Waals surface area contributed by atoms with Gasteiger partial charge < -0.3 is 9.88 Å². The van der Waals surface area contributed by atoms with Gasteiger partial charge in [0, 0.05) is 42.8 Å². The van der Waals surface area contributed by atoms with Gasteiger partial charge in [-0.3, -0.25) is 9.36 Å². The summed E-state index contributed by atoms with van der Waals surface area (Å²) in [6.45, 7) is 4.37. The first kappa shape index (κ1) is 20.3. The molecule has 32 heavy (non-hydrogen) atoms. The Balaban J connectivity index is 1.30. The molecular formula is C25H27N5O2.